The third kappa shape index (κ3) is 3.27. The van der Waals surface area contributed by atoms with Crippen LogP contribution in [0.1, 0.15) is 57.8 Å². The molecular formula is C16H30N2. The van der Waals surface area contributed by atoms with Crippen molar-refractivity contribution < 1.29 is 0 Å². The Morgan fingerprint density at radius 1 is 1.06 bits per heavy atom. The van der Waals surface area contributed by atoms with Gasteiger partial charge in [0.15, 0.2) is 0 Å². The lowest BCUT2D eigenvalue weighted by Crippen LogP contribution is -2.43. The van der Waals surface area contributed by atoms with Gasteiger partial charge in [-0.2, -0.15) is 0 Å². The number of hydrogen-bond donors (Lipinski definition) is 1. The maximum absolute atomic E-state index is 3.80. The molecule has 0 atom stereocenters. The predicted molar refractivity (Wildman–Crippen MR) is 76.8 cm³/mol. The first kappa shape index (κ1) is 12.9. The molecule has 0 aromatic rings. The first-order valence-corrected chi connectivity index (χ1v) is 8.18. The molecule has 2 nitrogen and oxygen atoms in total. The third-order valence-electron chi connectivity index (χ3n) is 5.41. The Balaban J connectivity index is 1.47. The standard InChI is InChI=1S/C16H30N2/c1-18(11-14-5-4-6-14)13-16(9-2-3-10-16)12-17-15-7-8-15/h14-15,17H,2-13H2,1H3. The molecule has 0 amide bonds. The van der Waals surface area contributed by atoms with E-state index in [0.717, 1.165) is 12.0 Å². The maximum atomic E-state index is 3.80. The molecule has 3 saturated carbocycles. The van der Waals surface area contributed by atoms with Crippen molar-refractivity contribution in [1.29, 1.82) is 0 Å². The zero-order chi connectivity index (χ0) is 12.4. The van der Waals surface area contributed by atoms with Crippen LogP contribution in [-0.2, 0) is 0 Å². The minimum absolute atomic E-state index is 0.612. The highest BCUT2D eigenvalue weighted by molar-refractivity contribution is 4.92. The Hall–Kier alpha value is -0.0800. The molecule has 3 aliphatic carbocycles. The summed E-state index contributed by atoms with van der Waals surface area (Å²) in [4.78, 5) is 2.64. The van der Waals surface area contributed by atoms with E-state index in [4.69, 9.17) is 0 Å². The van der Waals surface area contributed by atoms with Crippen LogP contribution in [0.5, 0.6) is 0 Å². The van der Waals surface area contributed by atoms with Crippen molar-refractivity contribution in [3.8, 4) is 0 Å². The summed E-state index contributed by atoms with van der Waals surface area (Å²) in [5, 5.41) is 3.80. The molecule has 0 radical (unpaired) electrons. The van der Waals surface area contributed by atoms with Gasteiger partial charge in [0.2, 0.25) is 0 Å². The maximum Gasteiger partial charge on any atom is 0.00684 e. The van der Waals surface area contributed by atoms with Crippen LogP contribution in [0.4, 0.5) is 0 Å². The normalized spacial score (nSPS) is 27.7. The molecule has 0 aromatic heterocycles. The summed E-state index contributed by atoms with van der Waals surface area (Å²) in [6, 6.07) is 0.874. The Morgan fingerprint density at radius 2 is 1.78 bits per heavy atom. The molecule has 1 N–H and O–H groups in total. The third-order valence-corrected chi connectivity index (χ3v) is 5.41. The van der Waals surface area contributed by atoms with Crippen molar-refractivity contribution in [2.24, 2.45) is 11.3 Å². The average Bonchev–Trinajstić information content (AvgIpc) is 3.03. The van der Waals surface area contributed by atoms with Gasteiger partial charge in [-0.1, -0.05) is 19.3 Å². The smallest absolute Gasteiger partial charge is 0.00684 e. The van der Waals surface area contributed by atoms with E-state index in [1.54, 1.807) is 0 Å². The summed E-state index contributed by atoms with van der Waals surface area (Å²) >= 11 is 0. The van der Waals surface area contributed by atoms with Crippen LogP contribution in [0.2, 0.25) is 0 Å². The molecule has 0 aromatic carbocycles. The van der Waals surface area contributed by atoms with E-state index in [1.165, 1.54) is 77.4 Å². The summed E-state index contributed by atoms with van der Waals surface area (Å²) < 4.78 is 0. The van der Waals surface area contributed by atoms with E-state index in [-0.39, 0.29) is 0 Å². The van der Waals surface area contributed by atoms with Gasteiger partial charge in [0, 0.05) is 25.7 Å². The fourth-order valence-corrected chi connectivity index (χ4v) is 3.92. The minimum Gasteiger partial charge on any atom is -0.313 e. The van der Waals surface area contributed by atoms with E-state index >= 15 is 0 Å². The van der Waals surface area contributed by atoms with Gasteiger partial charge in [0.25, 0.3) is 0 Å². The predicted octanol–water partition coefficient (Wildman–Crippen LogP) is 3.03. The highest BCUT2D eigenvalue weighted by Gasteiger charge is 2.36. The van der Waals surface area contributed by atoms with E-state index in [0.29, 0.717) is 5.41 Å². The highest BCUT2D eigenvalue weighted by Crippen LogP contribution is 2.39. The van der Waals surface area contributed by atoms with E-state index < -0.39 is 0 Å². The van der Waals surface area contributed by atoms with Crippen molar-refractivity contribution >= 4 is 0 Å². The number of rotatable bonds is 7. The Labute approximate surface area is 113 Å². The lowest BCUT2D eigenvalue weighted by Gasteiger charge is -2.37. The van der Waals surface area contributed by atoms with Crippen molar-refractivity contribution in [2.75, 3.05) is 26.7 Å². The van der Waals surface area contributed by atoms with Gasteiger partial charge in [-0.15, -0.1) is 0 Å². The molecule has 104 valence electrons. The molecule has 0 bridgehead atoms. The molecule has 0 aliphatic heterocycles. The van der Waals surface area contributed by atoms with Crippen LogP contribution in [0.3, 0.4) is 0 Å². The van der Waals surface area contributed by atoms with Gasteiger partial charge in [-0.3, -0.25) is 0 Å². The Kier molecular flexibility index (Phi) is 3.95. The largest absolute Gasteiger partial charge is 0.313 e. The lowest BCUT2D eigenvalue weighted by atomic mass is 9.82. The van der Waals surface area contributed by atoms with Crippen molar-refractivity contribution in [2.45, 2.75) is 63.8 Å². The van der Waals surface area contributed by atoms with Gasteiger partial charge < -0.3 is 10.2 Å². The number of nitrogens with one attached hydrogen (secondary N) is 1. The molecule has 0 unspecified atom stereocenters. The highest BCUT2D eigenvalue weighted by atomic mass is 15.1. The van der Waals surface area contributed by atoms with Crippen molar-refractivity contribution in [1.82, 2.24) is 10.2 Å². The average molecular weight is 250 g/mol. The summed E-state index contributed by atoms with van der Waals surface area (Å²) in [7, 11) is 2.36. The van der Waals surface area contributed by atoms with E-state index in [2.05, 4.69) is 17.3 Å². The zero-order valence-electron chi connectivity index (χ0n) is 12.1. The number of nitrogens with zero attached hydrogens (tertiary/aromatic N) is 1. The van der Waals surface area contributed by atoms with Crippen LogP contribution in [0, 0.1) is 11.3 Å². The van der Waals surface area contributed by atoms with Crippen LogP contribution in [0.25, 0.3) is 0 Å². The summed E-state index contributed by atoms with van der Waals surface area (Å²) in [5.41, 5.74) is 0.612. The lowest BCUT2D eigenvalue weighted by molar-refractivity contribution is 0.133. The Morgan fingerprint density at radius 3 is 2.33 bits per heavy atom. The molecule has 3 fully saturated rings. The molecule has 18 heavy (non-hydrogen) atoms. The van der Waals surface area contributed by atoms with Gasteiger partial charge in [0.05, 0.1) is 0 Å². The van der Waals surface area contributed by atoms with Gasteiger partial charge in [-0.25, -0.2) is 0 Å². The van der Waals surface area contributed by atoms with Gasteiger partial charge in [0.1, 0.15) is 0 Å². The van der Waals surface area contributed by atoms with Crippen LogP contribution in [-0.4, -0.2) is 37.6 Å². The molecular weight excluding hydrogens is 220 g/mol. The molecule has 2 heteroatoms. The van der Waals surface area contributed by atoms with E-state index in [1.807, 2.05) is 0 Å². The molecule has 3 aliphatic rings. The monoisotopic (exact) mass is 250 g/mol. The second-order valence-electron chi connectivity index (χ2n) is 7.36. The van der Waals surface area contributed by atoms with E-state index in [9.17, 15) is 0 Å². The van der Waals surface area contributed by atoms with Gasteiger partial charge >= 0.3 is 0 Å². The quantitative estimate of drug-likeness (QED) is 0.747. The van der Waals surface area contributed by atoms with Crippen molar-refractivity contribution in [3.63, 3.8) is 0 Å². The molecule has 0 saturated heterocycles. The summed E-state index contributed by atoms with van der Waals surface area (Å²) in [6.07, 6.45) is 13.1. The summed E-state index contributed by atoms with van der Waals surface area (Å²) in [5.74, 6) is 1.02. The van der Waals surface area contributed by atoms with Gasteiger partial charge in [-0.05, 0) is 56.9 Å². The SMILES string of the molecule is CN(CC1CCC1)CC1(CNC2CC2)CCCC1. The zero-order valence-corrected chi connectivity index (χ0v) is 12.1. The van der Waals surface area contributed by atoms with Crippen LogP contribution in [0.15, 0.2) is 0 Å². The van der Waals surface area contributed by atoms with Crippen LogP contribution < -0.4 is 5.32 Å². The first-order chi connectivity index (χ1) is 8.76. The minimum atomic E-state index is 0.612. The molecule has 0 spiro atoms. The van der Waals surface area contributed by atoms with Crippen molar-refractivity contribution in [3.05, 3.63) is 0 Å². The second kappa shape index (κ2) is 5.50. The van der Waals surface area contributed by atoms with Crippen LogP contribution >= 0.6 is 0 Å². The molecule has 3 rings (SSSR count). The fourth-order valence-electron chi connectivity index (χ4n) is 3.92. The summed E-state index contributed by atoms with van der Waals surface area (Å²) in [6.45, 7) is 3.97. The topological polar surface area (TPSA) is 15.3 Å². The fraction of sp³-hybridized carbons (Fsp3) is 1.00. The Bertz CT molecular complexity index is 262. The number of hydrogen-bond acceptors (Lipinski definition) is 2. The molecule has 0 heterocycles. The second-order valence-corrected chi connectivity index (χ2v) is 7.36. The first-order valence-electron chi connectivity index (χ1n) is 8.18.